The number of amides is 1. The molecule has 0 aromatic carbocycles. The van der Waals surface area contributed by atoms with E-state index >= 15 is 0 Å². The summed E-state index contributed by atoms with van der Waals surface area (Å²) in [7, 11) is 1.82. The number of nitrogens with one attached hydrogen (secondary N) is 2. The normalized spacial score (nSPS) is 20.9. The third kappa shape index (κ3) is 6.98. The standard InChI is InChI=1S/C21H35N5O2S.HI/c1-15(25-10-7-18-16(13-25)8-11-29-18)12-23-19(22-5)26-9-6-17(14-26)24-20(27)28-21(2,3)4;/h8,11,15,17H,6-7,9-10,12-14H2,1-5H3,(H,22,23)(H,24,27);1H. The molecule has 3 rings (SSSR count). The van der Waals surface area contributed by atoms with Crippen LogP contribution in [0.3, 0.4) is 0 Å². The van der Waals surface area contributed by atoms with Crippen molar-refractivity contribution in [3.8, 4) is 0 Å². The maximum atomic E-state index is 12.0. The minimum atomic E-state index is -0.478. The summed E-state index contributed by atoms with van der Waals surface area (Å²) < 4.78 is 5.37. The van der Waals surface area contributed by atoms with Gasteiger partial charge in [-0.2, -0.15) is 0 Å². The van der Waals surface area contributed by atoms with Crippen LogP contribution in [0, 0.1) is 0 Å². The van der Waals surface area contributed by atoms with Gasteiger partial charge in [-0.05, 0) is 57.5 Å². The number of hydrogen-bond donors (Lipinski definition) is 2. The first-order valence-corrected chi connectivity index (χ1v) is 11.4. The number of carbonyl (C=O) groups excluding carboxylic acids is 1. The number of rotatable bonds is 4. The summed E-state index contributed by atoms with van der Waals surface area (Å²) in [5.41, 5.74) is 1.00. The first-order valence-electron chi connectivity index (χ1n) is 10.5. The maximum absolute atomic E-state index is 12.0. The van der Waals surface area contributed by atoms with E-state index in [0.29, 0.717) is 6.04 Å². The molecule has 0 radical (unpaired) electrons. The van der Waals surface area contributed by atoms with Crippen LogP contribution in [-0.4, -0.2) is 72.8 Å². The van der Waals surface area contributed by atoms with Gasteiger partial charge in [0.05, 0.1) is 6.04 Å². The predicted molar refractivity (Wildman–Crippen MR) is 134 cm³/mol. The Morgan fingerprint density at radius 3 is 2.87 bits per heavy atom. The Morgan fingerprint density at radius 1 is 1.40 bits per heavy atom. The second-order valence-corrected chi connectivity index (χ2v) is 9.95. The van der Waals surface area contributed by atoms with Crippen molar-refractivity contribution in [3.05, 3.63) is 21.9 Å². The second-order valence-electron chi connectivity index (χ2n) is 8.94. The quantitative estimate of drug-likeness (QED) is 0.343. The number of guanidine groups is 1. The van der Waals surface area contributed by atoms with Gasteiger partial charge in [0.1, 0.15) is 5.60 Å². The third-order valence-corrected chi connectivity index (χ3v) is 6.46. The average Bonchev–Trinajstić information content (AvgIpc) is 3.29. The van der Waals surface area contributed by atoms with Gasteiger partial charge in [-0.1, -0.05) is 0 Å². The molecular weight excluding hydrogens is 513 g/mol. The number of carbonyl (C=O) groups is 1. The van der Waals surface area contributed by atoms with Gasteiger partial charge in [0.15, 0.2) is 5.96 Å². The monoisotopic (exact) mass is 549 g/mol. The van der Waals surface area contributed by atoms with E-state index in [1.807, 2.05) is 39.2 Å². The SMILES string of the molecule is CN=C(NCC(C)N1CCc2sccc2C1)N1CCC(NC(=O)OC(C)(C)C)C1.I. The molecule has 1 fully saturated rings. The zero-order chi connectivity index (χ0) is 21.0. The second kappa shape index (κ2) is 11.0. The van der Waals surface area contributed by atoms with Gasteiger partial charge in [0.25, 0.3) is 0 Å². The minimum Gasteiger partial charge on any atom is -0.444 e. The molecule has 2 aliphatic rings. The molecule has 2 N–H and O–H groups in total. The van der Waals surface area contributed by atoms with E-state index in [-0.39, 0.29) is 36.1 Å². The Kier molecular flexibility index (Phi) is 9.23. The van der Waals surface area contributed by atoms with Crippen LogP contribution >= 0.6 is 35.3 Å². The van der Waals surface area contributed by atoms with Gasteiger partial charge in [-0.15, -0.1) is 35.3 Å². The molecule has 2 aliphatic heterocycles. The molecular formula is C21H36IN5O2S. The van der Waals surface area contributed by atoms with Gasteiger partial charge in [0, 0.05) is 50.7 Å². The Morgan fingerprint density at radius 2 is 2.17 bits per heavy atom. The molecule has 7 nitrogen and oxygen atoms in total. The lowest BCUT2D eigenvalue weighted by Gasteiger charge is -2.33. The molecule has 1 saturated heterocycles. The molecule has 2 unspecified atom stereocenters. The Labute approximate surface area is 201 Å². The molecule has 1 aromatic rings. The number of ether oxygens (including phenoxy) is 1. The van der Waals surface area contributed by atoms with E-state index < -0.39 is 5.60 Å². The van der Waals surface area contributed by atoms with Crippen molar-refractivity contribution in [2.45, 2.75) is 64.8 Å². The van der Waals surface area contributed by atoms with Crippen molar-refractivity contribution in [2.24, 2.45) is 4.99 Å². The van der Waals surface area contributed by atoms with Crippen LogP contribution in [0.5, 0.6) is 0 Å². The molecule has 0 saturated carbocycles. The van der Waals surface area contributed by atoms with Crippen molar-refractivity contribution in [2.75, 3.05) is 33.2 Å². The summed E-state index contributed by atoms with van der Waals surface area (Å²) in [4.78, 5) is 22.8. The van der Waals surface area contributed by atoms with Crippen molar-refractivity contribution in [1.29, 1.82) is 0 Å². The van der Waals surface area contributed by atoms with E-state index in [0.717, 1.165) is 51.5 Å². The molecule has 0 aliphatic carbocycles. The highest BCUT2D eigenvalue weighted by Gasteiger charge is 2.28. The molecule has 1 amide bonds. The summed E-state index contributed by atoms with van der Waals surface area (Å²) >= 11 is 1.88. The summed E-state index contributed by atoms with van der Waals surface area (Å²) in [5, 5.41) is 8.71. The lowest BCUT2D eigenvalue weighted by molar-refractivity contribution is 0.0507. The maximum Gasteiger partial charge on any atom is 0.407 e. The highest BCUT2D eigenvalue weighted by molar-refractivity contribution is 14.0. The smallest absolute Gasteiger partial charge is 0.407 e. The summed E-state index contributed by atoms with van der Waals surface area (Å²) in [6.45, 7) is 12.5. The van der Waals surface area contributed by atoms with Crippen LogP contribution in [0.4, 0.5) is 4.79 Å². The van der Waals surface area contributed by atoms with Gasteiger partial charge in [-0.3, -0.25) is 9.89 Å². The van der Waals surface area contributed by atoms with Crippen molar-refractivity contribution in [3.63, 3.8) is 0 Å². The number of thiophene rings is 1. The molecule has 3 heterocycles. The first-order chi connectivity index (χ1) is 13.7. The van der Waals surface area contributed by atoms with Gasteiger partial charge in [-0.25, -0.2) is 4.79 Å². The van der Waals surface area contributed by atoms with Crippen LogP contribution in [0.2, 0.25) is 0 Å². The Hall–Kier alpha value is -1.07. The number of alkyl carbamates (subject to hydrolysis) is 1. The molecule has 0 spiro atoms. The number of aliphatic imine (C=N–C) groups is 1. The zero-order valence-electron chi connectivity index (χ0n) is 18.7. The van der Waals surface area contributed by atoms with Crippen molar-refractivity contribution in [1.82, 2.24) is 20.4 Å². The highest BCUT2D eigenvalue weighted by Crippen LogP contribution is 2.25. The first kappa shape index (κ1) is 25.2. The Bertz CT molecular complexity index is 733. The van der Waals surface area contributed by atoms with Gasteiger partial charge >= 0.3 is 6.09 Å². The van der Waals surface area contributed by atoms with E-state index in [9.17, 15) is 4.79 Å². The summed E-state index contributed by atoms with van der Waals surface area (Å²) in [5.74, 6) is 0.901. The largest absolute Gasteiger partial charge is 0.444 e. The van der Waals surface area contributed by atoms with Crippen molar-refractivity contribution >= 4 is 47.4 Å². The molecule has 1 aromatic heterocycles. The molecule has 9 heteroatoms. The van der Waals surface area contributed by atoms with Crippen molar-refractivity contribution < 1.29 is 9.53 Å². The topological polar surface area (TPSA) is 69.2 Å². The zero-order valence-corrected chi connectivity index (χ0v) is 21.9. The molecule has 2 atom stereocenters. The van der Waals surface area contributed by atoms with Crippen LogP contribution in [0.15, 0.2) is 16.4 Å². The number of likely N-dealkylation sites (tertiary alicyclic amines) is 1. The predicted octanol–water partition coefficient (Wildman–Crippen LogP) is 3.29. The van der Waals surface area contributed by atoms with E-state index in [1.165, 1.54) is 10.4 Å². The van der Waals surface area contributed by atoms with Crippen LogP contribution in [-0.2, 0) is 17.7 Å². The number of nitrogens with zero attached hydrogens (tertiary/aromatic N) is 3. The summed E-state index contributed by atoms with van der Waals surface area (Å²) in [6, 6.07) is 2.77. The lowest BCUT2D eigenvalue weighted by atomic mass is 10.1. The fraction of sp³-hybridized carbons (Fsp3) is 0.714. The fourth-order valence-corrected chi connectivity index (χ4v) is 4.78. The van der Waals surface area contributed by atoms with E-state index in [4.69, 9.17) is 4.74 Å². The number of fused-ring (bicyclic) bond motifs is 1. The summed E-state index contributed by atoms with van der Waals surface area (Å²) in [6.07, 6.45) is 1.69. The van der Waals surface area contributed by atoms with Crippen LogP contribution < -0.4 is 10.6 Å². The molecule has 170 valence electrons. The number of hydrogen-bond acceptors (Lipinski definition) is 5. The van der Waals surface area contributed by atoms with E-state index in [1.54, 1.807) is 0 Å². The van der Waals surface area contributed by atoms with Gasteiger partial charge in [0.2, 0.25) is 0 Å². The lowest BCUT2D eigenvalue weighted by Crippen LogP contribution is -2.48. The minimum absolute atomic E-state index is 0. The van der Waals surface area contributed by atoms with Gasteiger partial charge < -0.3 is 20.3 Å². The number of halogens is 1. The van der Waals surface area contributed by atoms with Crippen LogP contribution in [0.25, 0.3) is 0 Å². The average molecular weight is 550 g/mol. The molecule has 30 heavy (non-hydrogen) atoms. The van der Waals surface area contributed by atoms with Crippen LogP contribution in [0.1, 0.15) is 44.6 Å². The Balaban J connectivity index is 0.00000320. The third-order valence-electron chi connectivity index (χ3n) is 5.44. The highest BCUT2D eigenvalue weighted by atomic mass is 127. The van der Waals surface area contributed by atoms with E-state index in [2.05, 4.69) is 43.8 Å². The fourth-order valence-electron chi connectivity index (χ4n) is 3.89. The molecule has 0 bridgehead atoms.